The minimum Gasteiger partial charge on any atom is -0.480 e. The number of carbonyl (C=O) groups excluding carboxylic acids is 1. The van der Waals surface area contributed by atoms with E-state index in [4.69, 9.17) is 5.11 Å². The minimum atomic E-state index is -3.63. The normalized spacial score (nSPS) is 27.6. The summed E-state index contributed by atoms with van der Waals surface area (Å²) in [5, 5.41) is 24.2. The van der Waals surface area contributed by atoms with Gasteiger partial charge >= 0.3 is 5.97 Å². The highest BCUT2D eigenvalue weighted by atomic mass is 19.3. The number of aliphatic hydroxyl groups excluding tert-OH is 1. The Morgan fingerprint density at radius 3 is 2.52 bits per heavy atom. The largest absolute Gasteiger partial charge is 0.480 e. The molecule has 1 aliphatic rings. The molecule has 0 unspecified atom stereocenters. The first-order valence-corrected chi connectivity index (χ1v) is 7.22. The molecule has 1 amide bonds. The number of nitrogens with one attached hydrogen (secondary N) is 2. The molecule has 0 spiro atoms. The van der Waals surface area contributed by atoms with Crippen LogP contribution in [-0.4, -0.2) is 52.2 Å². The van der Waals surface area contributed by atoms with E-state index in [2.05, 4.69) is 17.2 Å². The molecule has 0 aromatic carbocycles. The molecule has 0 saturated carbocycles. The van der Waals surface area contributed by atoms with Gasteiger partial charge in [0.15, 0.2) is 0 Å². The summed E-state index contributed by atoms with van der Waals surface area (Å²) in [6, 6.07) is -3.16. The summed E-state index contributed by atoms with van der Waals surface area (Å²) in [4.78, 5) is 22.5. The number of rotatable bonds is 7. The number of carbonyl (C=O) groups is 2. The predicted octanol–water partition coefficient (Wildman–Crippen LogP) is 0.681. The second-order valence-electron chi connectivity index (χ2n) is 5.56. The van der Waals surface area contributed by atoms with Crippen molar-refractivity contribution in [1.82, 2.24) is 10.6 Å². The molecule has 23 heavy (non-hydrogen) atoms. The Hall–Kier alpha value is -1.80. The average Bonchev–Trinajstić information content (AvgIpc) is 2.88. The van der Waals surface area contributed by atoms with E-state index in [0.29, 0.717) is 6.08 Å². The summed E-state index contributed by atoms with van der Waals surface area (Å²) in [5.74, 6) is -5.77. The van der Waals surface area contributed by atoms with Gasteiger partial charge in [0.05, 0.1) is 6.04 Å². The van der Waals surface area contributed by atoms with Crippen molar-refractivity contribution in [1.29, 1.82) is 0 Å². The van der Waals surface area contributed by atoms with Gasteiger partial charge in [0.25, 0.3) is 5.92 Å². The number of halogens is 2. The highest BCUT2D eigenvalue weighted by Crippen LogP contribution is 2.30. The Kier molecular flexibility index (Phi) is 6.40. The molecule has 6 nitrogen and oxygen atoms in total. The monoisotopic (exact) mass is 332 g/mol. The van der Waals surface area contributed by atoms with Crippen molar-refractivity contribution < 1.29 is 28.6 Å². The molecule has 0 aliphatic carbocycles. The van der Waals surface area contributed by atoms with Crippen molar-refractivity contribution in [3.05, 3.63) is 24.8 Å². The Bertz CT molecular complexity index is 496. The average molecular weight is 332 g/mol. The van der Waals surface area contributed by atoms with Crippen molar-refractivity contribution in [2.45, 2.75) is 50.4 Å². The lowest BCUT2D eigenvalue weighted by Crippen LogP contribution is -2.60. The van der Waals surface area contributed by atoms with E-state index in [1.165, 1.54) is 0 Å². The number of carboxylic acid groups (broad SMARTS) is 1. The fraction of sp³-hybridized carbons (Fsp3) is 0.600. The van der Waals surface area contributed by atoms with Gasteiger partial charge < -0.3 is 15.5 Å². The number of amides is 1. The second-order valence-corrected chi connectivity index (χ2v) is 5.56. The van der Waals surface area contributed by atoms with Gasteiger partial charge in [-0.2, -0.15) is 8.78 Å². The van der Waals surface area contributed by atoms with Crippen molar-refractivity contribution in [2.24, 2.45) is 5.92 Å². The Morgan fingerprint density at radius 1 is 1.48 bits per heavy atom. The molecule has 5 atom stereocenters. The molecule has 130 valence electrons. The van der Waals surface area contributed by atoms with Gasteiger partial charge in [-0.05, 0) is 25.3 Å². The fourth-order valence-corrected chi connectivity index (χ4v) is 2.79. The number of carboxylic acids is 1. The minimum absolute atomic E-state index is 0.173. The zero-order valence-electron chi connectivity index (χ0n) is 13.0. The number of aliphatic hydroxyl groups is 1. The molecular formula is C15H22F2N2O4. The van der Waals surface area contributed by atoms with Crippen LogP contribution in [0.25, 0.3) is 0 Å². The Balaban J connectivity index is 3.15. The number of hydrogen-bond donors (Lipinski definition) is 4. The highest BCUT2D eigenvalue weighted by molar-refractivity contribution is 5.75. The van der Waals surface area contributed by atoms with Gasteiger partial charge in [0.2, 0.25) is 5.91 Å². The third-order valence-corrected chi connectivity index (χ3v) is 3.86. The van der Waals surface area contributed by atoms with Gasteiger partial charge in [-0.25, -0.2) is 0 Å². The van der Waals surface area contributed by atoms with Crippen molar-refractivity contribution >= 4 is 11.9 Å². The first kappa shape index (κ1) is 19.2. The quantitative estimate of drug-likeness (QED) is 0.514. The van der Waals surface area contributed by atoms with Crippen LogP contribution in [0.2, 0.25) is 0 Å². The molecule has 1 fully saturated rings. The molecule has 8 heteroatoms. The predicted molar refractivity (Wildman–Crippen MR) is 80.0 cm³/mol. The van der Waals surface area contributed by atoms with E-state index < -0.39 is 47.9 Å². The maximum absolute atomic E-state index is 13.8. The summed E-state index contributed by atoms with van der Waals surface area (Å²) in [6.45, 7) is 5.84. The van der Waals surface area contributed by atoms with Gasteiger partial charge in [-0.3, -0.25) is 14.9 Å². The van der Waals surface area contributed by atoms with Crippen LogP contribution in [0.4, 0.5) is 8.78 Å². The molecule has 0 aromatic rings. The standard InChI is InChI=1S/C15H22F2N2O4/c1-4-6-9-7-10(14(22)23)19-11(9)12(18-8(3)20)13(21)15(16,17)5-2/h4-6,9-13,19,21H,2,7H2,1,3H3,(H,18,20)(H,22,23)/b6-4-/t9-,10-,11-,12-,13-/m1/s1. The second kappa shape index (κ2) is 7.65. The Morgan fingerprint density at radius 2 is 2.09 bits per heavy atom. The van der Waals surface area contributed by atoms with Gasteiger partial charge in [0.1, 0.15) is 12.1 Å². The molecular weight excluding hydrogens is 310 g/mol. The summed E-state index contributed by atoms with van der Waals surface area (Å²) >= 11 is 0. The van der Waals surface area contributed by atoms with E-state index in [-0.39, 0.29) is 6.42 Å². The van der Waals surface area contributed by atoms with Gasteiger partial charge in [-0.1, -0.05) is 18.7 Å². The van der Waals surface area contributed by atoms with Crippen molar-refractivity contribution in [2.75, 3.05) is 0 Å². The molecule has 0 aromatic heterocycles. The zero-order chi connectivity index (χ0) is 17.8. The lowest BCUT2D eigenvalue weighted by molar-refractivity contribution is -0.139. The first-order valence-electron chi connectivity index (χ1n) is 7.22. The Labute approximate surface area is 133 Å². The van der Waals surface area contributed by atoms with Crippen molar-refractivity contribution in [3.63, 3.8) is 0 Å². The number of allylic oxidation sites excluding steroid dienone is 1. The summed E-state index contributed by atoms with van der Waals surface area (Å²) < 4.78 is 27.6. The van der Waals surface area contributed by atoms with Gasteiger partial charge in [-0.15, -0.1) is 0 Å². The maximum Gasteiger partial charge on any atom is 0.320 e. The van der Waals surface area contributed by atoms with Crippen LogP contribution in [0.3, 0.4) is 0 Å². The van der Waals surface area contributed by atoms with E-state index in [0.717, 1.165) is 6.92 Å². The van der Waals surface area contributed by atoms with E-state index >= 15 is 0 Å². The molecule has 1 heterocycles. The number of hydrogen-bond acceptors (Lipinski definition) is 4. The zero-order valence-corrected chi connectivity index (χ0v) is 13.0. The van der Waals surface area contributed by atoms with E-state index in [1.54, 1.807) is 19.1 Å². The van der Waals surface area contributed by atoms with Crippen LogP contribution in [-0.2, 0) is 9.59 Å². The highest BCUT2D eigenvalue weighted by Gasteiger charge is 2.49. The van der Waals surface area contributed by atoms with Crippen LogP contribution in [0.5, 0.6) is 0 Å². The summed E-state index contributed by atoms with van der Waals surface area (Å²) in [5.41, 5.74) is 0. The third-order valence-electron chi connectivity index (χ3n) is 3.86. The molecule has 1 rings (SSSR count). The summed E-state index contributed by atoms with van der Waals surface area (Å²) in [6.07, 6.45) is 1.59. The fourth-order valence-electron chi connectivity index (χ4n) is 2.79. The number of alkyl halides is 2. The maximum atomic E-state index is 13.8. The molecule has 4 N–H and O–H groups in total. The van der Waals surface area contributed by atoms with Crippen LogP contribution in [0.15, 0.2) is 24.8 Å². The van der Waals surface area contributed by atoms with Crippen molar-refractivity contribution in [3.8, 4) is 0 Å². The lowest BCUT2D eigenvalue weighted by atomic mass is 9.88. The molecule has 0 bridgehead atoms. The van der Waals surface area contributed by atoms with E-state index in [9.17, 15) is 23.5 Å². The number of aliphatic carboxylic acids is 1. The van der Waals surface area contributed by atoms with Crippen LogP contribution >= 0.6 is 0 Å². The van der Waals surface area contributed by atoms with E-state index in [1.807, 2.05) is 0 Å². The first-order chi connectivity index (χ1) is 10.6. The molecule has 0 radical (unpaired) electrons. The smallest absolute Gasteiger partial charge is 0.320 e. The van der Waals surface area contributed by atoms with Crippen LogP contribution < -0.4 is 10.6 Å². The van der Waals surface area contributed by atoms with Crippen LogP contribution in [0, 0.1) is 5.92 Å². The molecule has 1 saturated heterocycles. The summed E-state index contributed by atoms with van der Waals surface area (Å²) in [7, 11) is 0. The third kappa shape index (κ3) is 4.59. The molecule has 1 aliphatic heterocycles. The SMILES string of the molecule is C=CC(F)(F)[C@H](O)[C@H](NC(C)=O)[C@@H]1N[C@@H](C(=O)O)C[C@H]1/C=C\C. The lowest BCUT2D eigenvalue weighted by Gasteiger charge is -2.34. The van der Waals surface area contributed by atoms with Gasteiger partial charge in [0, 0.05) is 13.0 Å². The van der Waals surface area contributed by atoms with Crippen LogP contribution in [0.1, 0.15) is 20.3 Å². The topological polar surface area (TPSA) is 98.7 Å².